The summed E-state index contributed by atoms with van der Waals surface area (Å²) in [6.07, 6.45) is 2.93. The summed E-state index contributed by atoms with van der Waals surface area (Å²) in [6.45, 7) is 4.26. The fraction of sp³-hybridized carbons (Fsp3) is 0.533. The summed E-state index contributed by atoms with van der Waals surface area (Å²) < 4.78 is 0. The number of hydrogen-bond acceptors (Lipinski definition) is 2. The van der Waals surface area contributed by atoms with Gasteiger partial charge in [-0.05, 0) is 63.5 Å². The van der Waals surface area contributed by atoms with Gasteiger partial charge in [0.05, 0.1) is 0 Å². The number of anilines is 1. The first-order valence-electron chi connectivity index (χ1n) is 6.68. The van der Waals surface area contributed by atoms with Crippen LogP contribution in [0.4, 0.5) is 5.69 Å². The second-order valence-corrected chi connectivity index (χ2v) is 5.37. The summed E-state index contributed by atoms with van der Waals surface area (Å²) in [4.78, 5) is 14.3. The molecule has 0 radical (unpaired) electrons. The summed E-state index contributed by atoms with van der Waals surface area (Å²) in [5, 5.41) is 2.99. The van der Waals surface area contributed by atoms with E-state index in [0.29, 0.717) is 12.3 Å². The Bertz CT molecular complexity index is 409. The molecule has 0 unspecified atom stereocenters. The molecule has 1 heterocycles. The third-order valence-corrected chi connectivity index (χ3v) is 3.61. The van der Waals surface area contributed by atoms with Gasteiger partial charge < -0.3 is 10.2 Å². The molecule has 0 aromatic heterocycles. The molecule has 3 heteroatoms. The van der Waals surface area contributed by atoms with Crippen molar-refractivity contribution in [2.75, 3.05) is 25.5 Å². The van der Waals surface area contributed by atoms with Crippen molar-refractivity contribution in [3.8, 4) is 0 Å². The SMILES string of the molecule is Cc1cccc(NC(=O)CC2CCN(C)CC2)c1. The standard InChI is InChI=1S/C15H22N2O/c1-12-4-3-5-14(10-12)16-15(18)11-13-6-8-17(2)9-7-13/h3-5,10,13H,6-9,11H2,1-2H3,(H,16,18). The summed E-state index contributed by atoms with van der Waals surface area (Å²) >= 11 is 0. The highest BCUT2D eigenvalue weighted by Gasteiger charge is 2.19. The number of rotatable bonds is 3. The molecule has 1 aromatic rings. The molecular formula is C15H22N2O. The van der Waals surface area contributed by atoms with E-state index in [1.54, 1.807) is 0 Å². The highest BCUT2D eigenvalue weighted by Crippen LogP contribution is 2.20. The van der Waals surface area contributed by atoms with Crippen LogP contribution in [0.15, 0.2) is 24.3 Å². The van der Waals surface area contributed by atoms with Crippen LogP contribution in [0.2, 0.25) is 0 Å². The van der Waals surface area contributed by atoms with E-state index in [-0.39, 0.29) is 5.91 Å². The minimum absolute atomic E-state index is 0.148. The van der Waals surface area contributed by atoms with Crippen molar-refractivity contribution in [1.29, 1.82) is 0 Å². The number of hydrogen-bond donors (Lipinski definition) is 1. The van der Waals surface area contributed by atoms with E-state index in [2.05, 4.69) is 17.3 Å². The molecule has 98 valence electrons. The van der Waals surface area contributed by atoms with E-state index >= 15 is 0 Å². The van der Waals surface area contributed by atoms with Crippen molar-refractivity contribution in [3.63, 3.8) is 0 Å². The Hall–Kier alpha value is -1.35. The van der Waals surface area contributed by atoms with Gasteiger partial charge in [-0.15, -0.1) is 0 Å². The second-order valence-electron chi connectivity index (χ2n) is 5.37. The fourth-order valence-corrected chi connectivity index (χ4v) is 2.46. The van der Waals surface area contributed by atoms with Gasteiger partial charge >= 0.3 is 0 Å². The van der Waals surface area contributed by atoms with Gasteiger partial charge in [-0.3, -0.25) is 4.79 Å². The van der Waals surface area contributed by atoms with Gasteiger partial charge in [-0.2, -0.15) is 0 Å². The third-order valence-electron chi connectivity index (χ3n) is 3.61. The molecule has 2 rings (SSSR count). The first kappa shape index (κ1) is 13.1. The van der Waals surface area contributed by atoms with Gasteiger partial charge in [0, 0.05) is 12.1 Å². The van der Waals surface area contributed by atoms with Crippen molar-refractivity contribution in [2.24, 2.45) is 5.92 Å². The quantitative estimate of drug-likeness (QED) is 0.889. The summed E-state index contributed by atoms with van der Waals surface area (Å²) in [6, 6.07) is 7.96. The lowest BCUT2D eigenvalue weighted by molar-refractivity contribution is -0.117. The van der Waals surface area contributed by atoms with E-state index < -0.39 is 0 Å². The van der Waals surface area contributed by atoms with Crippen LogP contribution in [-0.2, 0) is 4.79 Å². The van der Waals surface area contributed by atoms with E-state index in [1.165, 1.54) is 5.56 Å². The van der Waals surface area contributed by atoms with Crippen molar-refractivity contribution in [1.82, 2.24) is 4.90 Å². The van der Waals surface area contributed by atoms with E-state index in [4.69, 9.17) is 0 Å². The van der Waals surface area contributed by atoms with Gasteiger partial charge in [-0.1, -0.05) is 12.1 Å². The van der Waals surface area contributed by atoms with Crippen molar-refractivity contribution in [3.05, 3.63) is 29.8 Å². The normalized spacial score (nSPS) is 17.7. The first-order valence-corrected chi connectivity index (χ1v) is 6.68. The molecule has 1 aliphatic heterocycles. The number of nitrogens with one attached hydrogen (secondary N) is 1. The molecule has 3 nitrogen and oxygen atoms in total. The molecular weight excluding hydrogens is 224 g/mol. The molecule has 1 N–H and O–H groups in total. The Morgan fingerprint density at radius 2 is 2.11 bits per heavy atom. The Labute approximate surface area is 109 Å². The van der Waals surface area contributed by atoms with Crippen LogP contribution in [0.5, 0.6) is 0 Å². The zero-order chi connectivity index (χ0) is 13.0. The van der Waals surface area contributed by atoms with Gasteiger partial charge in [0.25, 0.3) is 0 Å². The number of likely N-dealkylation sites (tertiary alicyclic amines) is 1. The maximum Gasteiger partial charge on any atom is 0.224 e. The molecule has 0 aliphatic carbocycles. The molecule has 0 bridgehead atoms. The lowest BCUT2D eigenvalue weighted by atomic mass is 9.93. The summed E-state index contributed by atoms with van der Waals surface area (Å²) in [5.74, 6) is 0.696. The zero-order valence-electron chi connectivity index (χ0n) is 11.3. The monoisotopic (exact) mass is 246 g/mol. The lowest BCUT2D eigenvalue weighted by Crippen LogP contribution is -2.31. The highest BCUT2D eigenvalue weighted by atomic mass is 16.1. The Morgan fingerprint density at radius 1 is 1.39 bits per heavy atom. The maximum atomic E-state index is 11.9. The van der Waals surface area contributed by atoms with Crippen LogP contribution < -0.4 is 5.32 Å². The smallest absolute Gasteiger partial charge is 0.224 e. The molecule has 1 aromatic carbocycles. The molecule has 1 amide bonds. The van der Waals surface area contributed by atoms with Crippen LogP contribution >= 0.6 is 0 Å². The molecule has 0 atom stereocenters. The second kappa shape index (κ2) is 6.01. The minimum Gasteiger partial charge on any atom is -0.326 e. The topological polar surface area (TPSA) is 32.3 Å². The van der Waals surface area contributed by atoms with Crippen LogP contribution in [0, 0.1) is 12.8 Å². The number of nitrogens with zero attached hydrogens (tertiary/aromatic N) is 1. The number of amides is 1. The zero-order valence-corrected chi connectivity index (χ0v) is 11.3. The number of carbonyl (C=O) groups is 1. The lowest BCUT2D eigenvalue weighted by Gasteiger charge is -2.28. The van der Waals surface area contributed by atoms with E-state index in [1.807, 2.05) is 31.2 Å². The van der Waals surface area contributed by atoms with E-state index in [0.717, 1.165) is 31.6 Å². The average molecular weight is 246 g/mol. The van der Waals surface area contributed by atoms with Crippen LogP contribution in [0.25, 0.3) is 0 Å². The minimum atomic E-state index is 0.148. The van der Waals surface area contributed by atoms with Gasteiger partial charge in [0.2, 0.25) is 5.91 Å². The van der Waals surface area contributed by atoms with E-state index in [9.17, 15) is 4.79 Å². The third kappa shape index (κ3) is 3.84. The Kier molecular flexibility index (Phi) is 4.37. The van der Waals surface area contributed by atoms with Gasteiger partial charge in [0.15, 0.2) is 0 Å². The number of piperidine rings is 1. The van der Waals surface area contributed by atoms with Crippen molar-refractivity contribution < 1.29 is 4.79 Å². The fourth-order valence-electron chi connectivity index (χ4n) is 2.46. The largest absolute Gasteiger partial charge is 0.326 e. The van der Waals surface area contributed by atoms with Crippen molar-refractivity contribution in [2.45, 2.75) is 26.2 Å². The maximum absolute atomic E-state index is 11.9. The predicted molar refractivity (Wildman–Crippen MR) is 74.6 cm³/mol. The molecule has 1 saturated heterocycles. The average Bonchev–Trinajstić information content (AvgIpc) is 2.32. The van der Waals surface area contributed by atoms with Gasteiger partial charge in [-0.25, -0.2) is 0 Å². The Morgan fingerprint density at radius 3 is 2.78 bits per heavy atom. The molecule has 18 heavy (non-hydrogen) atoms. The Balaban J connectivity index is 1.82. The predicted octanol–water partition coefficient (Wildman–Crippen LogP) is 2.67. The molecule has 0 spiro atoms. The summed E-state index contributed by atoms with van der Waals surface area (Å²) in [5.41, 5.74) is 2.08. The molecule has 0 saturated carbocycles. The van der Waals surface area contributed by atoms with Crippen LogP contribution in [0.1, 0.15) is 24.8 Å². The number of carbonyl (C=O) groups excluding carboxylic acids is 1. The highest BCUT2D eigenvalue weighted by molar-refractivity contribution is 5.90. The number of benzene rings is 1. The first-order chi connectivity index (χ1) is 8.63. The van der Waals surface area contributed by atoms with Crippen LogP contribution in [0.3, 0.4) is 0 Å². The van der Waals surface area contributed by atoms with Crippen LogP contribution in [-0.4, -0.2) is 30.9 Å². The summed E-state index contributed by atoms with van der Waals surface area (Å²) in [7, 11) is 2.14. The van der Waals surface area contributed by atoms with Crippen molar-refractivity contribution >= 4 is 11.6 Å². The van der Waals surface area contributed by atoms with Gasteiger partial charge in [0.1, 0.15) is 0 Å². The number of aryl methyl sites for hydroxylation is 1. The molecule has 1 fully saturated rings. The molecule has 1 aliphatic rings.